The molecule has 0 radical (unpaired) electrons. The lowest BCUT2D eigenvalue weighted by Gasteiger charge is -2.12. The number of ether oxygens (including phenoxy) is 2. The Morgan fingerprint density at radius 2 is 1.59 bits per heavy atom. The van der Waals surface area contributed by atoms with Gasteiger partial charge in [0, 0.05) is 18.8 Å². The third kappa shape index (κ3) is 9.21. The second-order valence-electron chi connectivity index (χ2n) is 7.46. The lowest BCUT2D eigenvalue weighted by molar-refractivity contribution is -0.274. The fourth-order valence-corrected chi connectivity index (χ4v) is 2.97. The summed E-state index contributed by atoms with van der Waals surface area (Å²) in [6.45, 7) is 6.08. The van der Waals surface area contributed by atoms with Crippen molar-refractivity contribution < 1.29 is 27.4 Å². The number of rotatable bonds is 9. The SMILES string of the molecule is CCCCc1ncccn1.CCCOc1ccc(-c2ccc(OC(F)(F)F)cc2)cc1C(C)=O. The van der Waals surface area contributed by atoms with Gasteiger partial charge in [0.2, 0.25) is 0 Å². The largest absolute Gasteiger partial charge is 0.573 e. The molecule has 3 aromatic rings. The van der Waals surface area contributed by atoms with Crippen molar-refractivity contribution in [1.29, 1.82) is 0 Å². The first-order valence-corrected chi connectivity index (χ1v) is 11.1. The first-order chi connectivity index (χ1) is 16.2. The second kappa shape index (κ2) is 13.3. The van der Waals surface area contributed by atoms with Gasteiger partial charge >= 0.3 is 6.36 Å². The average Bonchev–Trinajstić information content (AvgIpc) is 2.82. The lowest BCUT2D eigenvalue weighted by atomic mass is 10.0. The Balaban J connectivity index is 0.000000340. The number of unbranched alkanes of at least 4 members (excludes halogenated alkanes) is 1. The predicted octanol–water partition coefficient (Wildman–Crippen LogP) is 7.06. The maximum Gasteiger partial charge on any atom is 0.573 e. The Morgan fingerprint density at radius 3 is 2.15 bits per heavy atom. The molecule has 182 valence electrons. The highest BCUT2D eigenvalue weighted by Gasteiger charge is 2.30. The van der Waals surface area contributed by atoms with Crippen LogP contribution in [0.25, 0.3) is 11.1 Å². The van der Waals surface area contributed by atoms with Crippen molar-refractivity contribution in [3.8, 4) is 22.6 Å². The van der Waals surface area contributed by atoms with E-state index >= 15 is 0 Å². The van der Waals surface area contributed by atoms with Crippen LogP contribution in [0, 0.1) is 0 Å². The van der Waals surface area contributed by atoms with Crippen LogP contribution in [-0.2, 0) is 6.42 Å². The topological polar surface area (TPSA) is 61.3 Å². The summed E-state index contributed by atoms with van der Waals surface area (Å²) in [5, 5.41) is 0. The van der Waals surface area contributed by atoms with Crippen molar-refractivity contribution in [3.05, 3.63) is 72.3 Å². The standard InChI is InChI=1S/C18H17F3O3.C8H12N2/c1-3-10-23-17-9-6-14(11-16(17)12(2)22)13-4-7-15(8-5-13)24-18(19,20)21;1-2-3-5-8-9-6-4-7-10-8/h4-9,11H,3,10H2,1-2H3;4,6-7H,2-3,5H2,1H3. The first kappa shape index (κ1) is 26.8. The van der Waals surface area contributed by atoms with E-state index in [1.165, 1.54) is 44.0 Å². The van der Waals surface area contributed by atoms with Crippen LogP contribution in [-0.4, -0.2) is 28.7 Å². The molecule has 3 rings (SSSR count). The molecule has 0 saturated heterocycles. The van der Waals surface area contributed by atoms with Gasteiger partial charge in [-0.2, -0.15) is 0 Å². The van der Waals surface area contributed by atoms with Gasteiger partial charge in [0.15, 0.2) is 5.78 Å². The van der Waals surface area contributed by atoms with Crippen molar-refractivity contribution in [2.75, 3.05) is 6.61 Å². The first-order valence-electron chi connectivity index (χ1n) is 11.1. The van der Waals surface area contributed by atoms with E-state index in [1.807, 2.05) is 13.0 Å². The van der Waals surface area contributed by atoms with E-state index in [9.17, 15) is 18.0 Å². The number of carbonyl (C=O) groups is 1. The van der Waals surface area contributed by atoms with Gasteiger partial charge in [0.1, 0.15) is 17.3 Å². The van der Waals surface area contributed by atoms with Gasteiger partial charge in [-0.05, 0) is 61.2 Å². The molecule has 0 amide bonds. The zero-order valence-corrected chi connectivity index (χ0v) is 19.6. The number of benzene rings is 2. The van der Waals surface area contributed by atoms with E-state index in [0.29, 0.717) is 29.0 Å². The minimum atomic E-state index is -4.72. The summed E-state index contributed by atoms with van der Waals surface area (Å²) in [4.78, 5) is 20.0. The van der Waals surface area contributed by atoms with Gasteiger partial charge < -0.3 is 9.47 Å². The predicted molar refractivity (Wildman–Crippen MR) is 125 cm³/mol. The van der Waals surface area contributed by atoms with Gasteiger partial charge in [0.05, 0.1) is 12.2 Å². The molecular formula is C26H29F3N2O3. The number of Topliss-reactive ketones (excluding diaryl/α,β-unsaturated/α-hetero) is 1. The van der Waals surface area contributed by atoms with Crippen LogP contribution in [0.5, 0.6) is 11.5 Å². The van der Waals surface area contributed by atoms with Crippen molar-refractivity contribution in [3.63, 3.8) is 0 Å². The van der Waals surface area contributed by atoms with Gasteiger partial charge in [-0.3, -0.25) is 4.79 Å². The van der Waals surface area contributed by atoms with E-state index in [2.05, 4.69) is 21.6 Å². The van der Waals surface area contributed by atoms with Crippen LogP contribution < -0.4 is 9.47 Å². The number of aryl methyl sites for hydroxylation is 1. The minimum absolute atomic E-state index is 0.139. The average molecular weight is 475 g/mol. The van der Waals surface area contributed by atoms with Crippen LogP contribution >= 0.6 is 0 Å². The highest BCUT2D eigenvalue weighted by molar-refractivity contribution is 5.98. The molecule has 0 saturated carbocycles. The molecule has 0 aliphatic carbocycles. The van der Waals surface area contributed by atoms with E-state index in [1.54, 1.807) is 30.6 Å². The summed E-state index contributed by atoms with van der Waals surface area (Å²) in [7, 11) is 0. The Morgan fingerprint density at radius 1 is 0.941 bits per heavy atom. The lowest BCUT2D eigenvalue weighted by Crippen LogP contribution is -2.16. The molecule has 5 nitrogen and oxygen atoms in total. The van der Waals surface area contributed by atoms with E-state index < -0.39 is 6.36 Å². The molecule has 0 bridgehead atoms. The van der Waals surface area contributed by atoms with Gasteiger partial charge in [0.25, 0.3) is 0 Å². The van der Waals surface area contributed by atoms with Crippen LogP contribution in [0.3, 0.4) is 0 Å². The highest BCUT2D eigenvalue weighted by atomic mass is 19.4. The third-order valence-corrected chi connectivity index (χ3v) is 4.61. The Labute approximate surface area is 198 Å². The van der Waals surface area contributed by atoms with E-state index in [-0.39, 0.29) is 11.5 Å². The molecule has 2 aromatic carbocycles. The molecule has 0 fully saturated rings. The molecule has 1 heterocycles. The van der Waals surface area contributed by atoms with Crippen LogP contribution in [0.15, 0.2) is 60.9 Å². The summed E-state index contributed by atoms with van der Waals surface area (Å²) in [5.41, 5.74) is 1.83. The van der Waals surface area contributed by atoms with Crippen molar-refractivity contribution >= 4 is 5.78 Å². The monoisotopic (exact) mass is 474 g/mol. The Kier molecular flexibility index (Phi) is 10.5. The number of hydrogen-bond acceptors (Lipinski definition) is 5. The number of carbonyl (C=O) groups excluding carboxylic acids is 1. The maximum absolute atomic E-state index is 12.2. The molecule has 1 aromatic heterocycles. The Bertz CT molecular complexity index is 1020. The zero-order valence-electron chi connectivity index (χ0n) is 19.6. The number of aromatic nitrogens is 2. The van der Waals surface area contributed by atoms with Gasteiger partial charge in [-0.25, -0.2) is 9.97 Å². The number of halogens is 3. The molecule has 34 heavy (non-hydrogen) atoms. The number of nitrogens with zero attached hydrogens (tertiary/aromatic N) is 2. The molecule has 0 unspecified atom stereocenters. The smallest absolute Gasteiger partial charge is 0.493 e. The fraction of sp³-hybridized carbons (Fsp3) is 0.346. The maximum atomic E-state index is 12.2. The van der Waals surface area contributed by atoms with Crippen LogP contribution in [0.1, 0.15) is 56.2 Å². The number of alkyl halides is 3. The van der Waals surface area contributed by atoms with Gasteiger partial charge in [-0.1, -0.05) is 38.5 Å². The molecule has 0 atom stereocenters. The summed E-state index contributed by atoms with van der Waals surface area (Å²) in [6, 6.07) is 12.5. The fourth-order valence-electron chi connectivity index (χ4n) is 2.97. The van der Waals surface area contributed by atoms with Gasteiger partial charge in [-0.15, -0.1) is 13.2 Å². The summed E-state index contributed by atoms with van der Waals surface area (Å²) < 4.78 is 45.9. The number of ketones is 1. The highest BCUT2D eigenvalue weighted by Crippen LogP contribution is 2.30. The molecule has 8 heteroatoms. The molecule has 0 spiro atoms. The number of hydrogen-bond donors (Lipinski definition) is 0. The molecule has 0 N–H and O–H groups in total. The molecular weight excluding hydrogens is 445 g/mol. The Hall–Kier alpha value is -3.42. The molecule has 0 aliphatic heterocycles. The quantitative estimate of drug-likeness (QED) is 0.311. The van der Waals surface area contributed by atoms with E-state index in [4.69, 9.17) is 4.74 Å². The van der Waals surface area contributed by atoms with E-state index in [0.717, 1.165) is 18.7 Å². The minimum Gasteiger partial charge on any atom is -0.493 e. The summed E-state index contributed by atoms with van der Waals surface area (Å²) >= 11 is 0. The summed E-state index contributed by atoms with van der Waals surface area (Å²) in [5.74, 6) is 1.04. The zero-order chi connectivity index (χ0) is 25.0. The van der Waals surface area contributed by atoms with Crippen molar-refractivity contribution in [2.45, 2.75) is 52.8 Å². The van der Waals surface area contributed by atoms with Crippen molar-refractivity contribution in [1.82, 2.24) is 9.97 Å². The van der Waals surface area contributed by atoms with Crippen molar-refractivity contribution in [2.24, 2.45) is 0 Å². The van der Waals surface area contributed by atoms with Crippen LogP contribution in [0.4, 0.5) is 13.2 Å². The second-order valence-corrected chi connectivity index (χ2v) is 7.46. The molecule has 0 aliphatic rings. The normalized spacial score (nSPS) is 10.8. The third-order valence-electron chi connectivity index (χ3n) is 4.61. The van der Waals surface area contributed by atoms with Crippen LogP contribution in [0.2, 0.25) is 0 Å². The summed E-state index contributed by atoms with van der Waals surface area (Å²) in [6.07, 6.45) is 3.08.